The van der Waals surface area contributed by atoms with Crippen LogP contribution in [0.15, 0.2) is 158 Å². The number of fused-ring (bicyclic) bond motifs is 6. The molecule has 3 aromatic heterocycles. The van der Waals surface area contributed by atoms with E-state index in [0.717, 1.165) is 45.8 Å². The third kappa shape index (κ3) is 4.59. The number of para-hydroxylation sites is 2. The average molecular weight is 642 g/mol. The van der Waals surface area contributed by atoms with Crippen molar-refractivity contribution in [3.63, 3.8) is 0 Å². The van der Waals surface area contributed by atoms with E-state index in [2.05, 4.69) is 112 Å². The number of benzene rings is 6. The van der Waals surface area contributed by atoms with Crippen LogP contribution in [0.25, 0.3) is 84.3 Å². The summed E-state index contributed by atoms with van der Waals surface area (Å²) in [6, 6.07) is 53.2. The fourth-order valence-corrected chi connectivity index (χ4v) is 7.54. The van der Waals surface area contributed by atoms with Crippen molar-refractivity contribution < 1.29 is 0 Å². The summed E-state index contributed by atoms with van der Waals surface area (Å²) in [6.07, 6.45) is 6.71. The van der Waals surface area contributed by atoms with Gasteiger partial charge in [-0.25, -0.2) is 4.98 Å². The molecule has 0 N–H and O–H groups in total. The second-order valence-electron chi connectivity index (χ2n) is 12.8. The van der Waals surface area contributed by atoms with Gasteiger partial charge in [0.25, 0.3) is 0 Å². The number of aromatic nitrogens is 5. The minimum absolute atomic E-state index is 0.596. The largest absolute Gasteiger partial charge is 0.313 e. The van der Waals surface area contributed by atoms with Gasteiger partial charge in [0.05, 0.1) is 16.6 Å². The Morgan fingerprint density at radius 2 is 1.00 bits per heavy atom. The van der Waals surface area contributed by atoms with Crippen molar-refractivity contribution in [1.29, 1.82) is 0 Å². The van der Waals surface area contributed by atoms with Gasteiger partial charge in [0, 0.05) is 44.2 Å². The molecular weight excluding hydrogens is 611 g/mol. The van der Waals surface area contributed by atoms with Crippen LogP contribution < -0.4 is 0 Å². The van der Waals surface area contributed by atoms with E-state index in [1.54, 1.807) is 0 Å². The molecule has 0 unspecified atom stereocenters. The van der Waals surface area contributed by atoms with Crippen molar-refractivity contribution in [2.75, 3.05) is 0 Å². The molecule has 0 atom stereocenters. The third-order valence-corrected chi connectivity index (χ3v) is 9.85. The molecule has 1 aliphatic rings. The summed E-state index contributed by atoms with van der Waals surface area (Å²) in [4.78, 5) is 15.1. The molecule has 0 aliphatic heterocycles. The van der Waals surface area contributed by atoms with Crippen LogP contribution in [0.4, 0.5) is 0 Å². The van der Waals surface area contributed by atoms with Crippen LogP contribution in [0.2, 0.25) is 0 Å². The van der Waals surface area contributed by atoms with Gasteiger partial charge in [-0.2, -0.15) is 9.97 Å². The second-order valence-corrected chi connectivity index (χ2v) is 12.8. The molecule has 5 heteroatoms. The summed E-state index contributed by atoms with van der Waals surface area (Å²) in [7, 11) is 0. The van der Waals surface area contributed by atoms with Crippen LogP contribution >= 0.6 is 0 Å². The SMILES string of the molecule is C1=Cc2c(n(-c3ccccc3)c3ccc(-c4ccc5c(c4)c4ccccc4n5-c4nc(-c5ccccc5)nc(-c5ccccc5)n4)cc23)CC1. The minimum Gasteiger partial charge on any atom is -0.313 e. The Morgan fingerprint density at radius 3 is 1.68 bits per heavy atom. The molecule has 9 aromatic rings. The van der Waals surface area contributed by atoms with E-state index in [1.807, 2.05) is 60.7 Å². The molecule has 5 nitrogen and oxygen atoms in total. The molecule has 0 amide bonds. The van der Waals surface area contributed by atoms with Crippen molar-refractivity contribution in [1.82, 2.24) is 24.1 Å². The zero-order chi connectivity index (χ0) is 33.0. The normalized spacial score (nSPS) is 12.6. The Hall–Kier alpha value is -6.59. The van der Waals surface area contributed by atoms with E-state index in [4.69, 9.17) is 15.0 Å². The predicted octanol–water partition coefficient (Wildman–Crippen LogP) is 10.9. The van der Waals surface area contributed by atoms with Crippen molar-refractivity contribution >= 4 is 38.8 Å². The number of hydrogen-bond acceptors (Lipinski definition) is 3. The molecule has 1 aliphatic carbocycles. The highest BCUT2D eigenvalue weighted by Crippen LogP contribution is 2.39. The monoisotopic (exact) mass is 641 g/mol. The fourth-order valence-electron chi connectivity index (χ4n) is 7.54. The molecule has 50 heavy (non-hydrogen) atoms. The Balaban J connectivity index is 1.16. The lowest BCUT2D eigenvalue weighted by molar-refractivity contribution is 0.888. The van der Waals surface area contributed by atoms with Gasteiger partial charge in [-0.1, -0.05) is 121 Å². The van der Waals surface area contributed by atoms with Crippen LogP contribution in [0.3, 0.4) is 0 Å². The van der Waals surface area contributed by atoms with Gasteiger partial charge in [-0.3, -0.25) is 4.57 Å². The van der Waals surface area contributed by atoms with Crippen molar-refractivity contribution in [3.05, 3.63) is 169 Å². The van der Waals surface area contributed by atoms with Gasteiger partial charge in [0.1, 0.15) is 0 Å². The van der Waals surface area contributed by atoms with E-state index in [9.17, 15) is 0 Å². The first-order valence-corrected chi connectivity index (χ1v) is 17.1. The lowest BCUT2D eigenvalue weighted by Gasteiger charge is -2.13. The summed E-state index contributed by atoms with van der Waals surface area (Å²) in [5.41, 5.74) is 11.5. The fraction of sp³-hybridized carbons (Fsp3) is 0.0444. The van der Waals surface area contributed by atoms with E-state index in [-0.39, 0.29) is 0 Å². The van der Waals surface area contributed by atoms with Crippen LogP contribution in [0, 0.1) is 0 Å². The first-order valence-electron chi connectivity index (χ1n) is 17.1. The van der Waals surface area contributed by atoms with Crippen molar-refractivity contribution in [2.24, 2.45) is 0 Å². The smallest absolute Gasteiger partial charge is 0.238 e. The Bertz CT molecular complexity index is 2680. The molecule has 0 saturated heterocycles. The Morgan fingerprint density at radius 1 is 0.440 bits per heavy atom. The number of rotatable bonds is 5. The predicted molar refractivity (Wildman–Crippen MR) is 205 cm³/mol. The molecule has 10 rings (SSSR count). The highest BCUT2D eigenvalue weighted by molar-refractivity contribution is 6.10. The number of allylic oxidation sites excluding steroid dienone is 1. The highest BCUT2D eigenvalue weighted by Gasteiger charge is 2.21. The molecular formula is C45H31N5. The Labute approximate surface area is 289 Å². The van der Waals surface area contributed by atoms with Gasteiger partial charge in [-0.05, 0) is 66.4 Å². The van der Waals surface area contributed by atoms with E-state index < -0.39 is 0 Å². The van der Waals surface area contributed by atoms with Crippen molar-refractivity contribution in [2.45, 2.75) is 12.8 Å². The molecule has 0 saturated carbocycles. The van der Waals surface area contributed by atoms with Gasteiger partial charge in [0.15, 0.2) is 11.6 Å². The standard InChI is InChI=1S/C45H31N5/c1-4-14-30(15-5-1)43-46-44(31-16-6-2-7-17-31)48-45(47-43)50-40-23-13-11-21-36(40)38-29-33(25-27-42(38)50)32-24-26-41-37(28-32)35-20-10-12-22-39(35)49(41)34-18-8-3-9-19-34/h1-11,13-21,23-29H,12,22H2. The summed E-state index contributed by atoms with van der Waals surface area (Å²) >= 11 is 0. The number of hydrogen-bond donors (Lipinski definition) is 0. The maximum atomic E-state index is 5.09. The van der Waals surface area contributed by atoms with E-state index in [0.29, 0.717) is 17.6 Å². The molecule has 0 bridgehead atoms. The van der Waals surface area contributed by atoms with Gasteiger partial charge in [-0.15, -0.1) is 0 Å². The highest BCUT2D eigenvalue weighted by atomic mass is 15.2. The zero-order valence-corrected chi connectivity index (χ0v) is 27.2. The van der Waals surface area contributed by atoms with Crippen LogP contribution in [0.1, 0.15) is 17.7 Å². The topological polar surface area (TPSA) is 48.5 Å². The lowest BCUT2D eigenvalue weighted by atomic mass is 9.98. The van der Waals surface area contributed by atoms with E-state index >= 15 is 0 Å². The van der Waals surface area contributed by atoms with Crippen LogP contribution in [-0.2, 0) is 6.42 Å². The molecule has 0 fully saturated rings. The van der Waals surface area contributed by atoms with Crippen molar-refractivity contribution in [3.8, 4) is 45.5 Å². The van der Waals surface area contributed by atoms with Crippen LogP contribution in [0.5, 0.6) is 0 Å². The molecule has 6 aromatic carbocycles. The van der Waals surface area contributed by atoms with Gasteiger partial charge >= 0.3 is 0 Å². The molecule has 0 spiro atoms. The summed E-state index contributed by atoms with van der Waals surface area (Å²) in [6.45, 7) is 0. The number of nitrogens with zero attached hydrogens (tertiary/aromatic N) is 5. The summed E-state index contributed by atoms with van der Waals surface area (Å²) < 4.78 is 4.62. The van der Waals surface area contributed by atoms with Gasteiger partial charge < -0.3 is 4.57 Å². The zero-order valence-electron chi connectivity index (χ0n) is 27.2. The maximum Gasteiger partial charge on any atom is 0.238 e. The summed E-state index contributed by atoms with van der Waals surface area (Å²) in [5, 5.41) is 3.60. The molecule has 236 valence electrons. The molecule has 0 radical (unpaired) electrons. The molecule has 3 heterocycles. The van der Waals surface area contributed by atoms with Crippen LogP contribution in [-0.4, -0.2) is 24.1 Å². The van der Waals surface area contributed by atoms with Gasteiger partial charge in [0.2, 0.25) is 5.95 Å². The first kappa shape index (κ1) is 28.4. The minimum atomic E-state index is 0.596. The lowest BCUT2D eigenvalue weighted by Crippen LogP contribution is -2.06. The summed E-state index contributed by atoms with van der Waals surface area (Å²) in [5.74, 6) is 1.88. The third-order valence-electron chi connectivity index (χ3n) is 9.85. The average Bonchev–Trinajstić information content (AvgIpc) is 3.71. The quantitative estimate of drug-likeness (QED) is 0.188. The second kappa shape index (κ2) is 11.5. The maximum absolute atomic E-state index is 5.09. The first-order chi connectivity index (χ1) is 24.8. The Kier molecular flexibility index (Phi) is 6.56. The van der Waals surface area contributed by atoms with E-state index in [1.165, 1.54) is 39.0 Å².